The number of hydrogen-bond donors (Lipinski definition) is 1. The number of rotatable bonds is 9. The van der Waals surface area contributed by atoms with E-state index in [1.807, 2.05) is 0 Å². The fourth-order valence-electron chi connectivity index (χ4n) is 2.08. The minimum Gasteiger partial charge on any atom is -0.383 e. The van der Waals surface area contributed by atoms with Gasteiger partial charge in [0, 0.05) is 32.8 Å². The minimum absolute atomic E-state index is 0.488. The van der Waals surface area contributed by atoms with E-state index >= 15 is 0 Å². The van der Waals surface area contributed by atoms with Crippen molar-refractivity contribution in [2.75, 3.05) is 33.4 Å². The van der Waals surface area contributed by atoms with E-state index in [1.165, 1.54) is 6.42 Å². The summed E-state index contributed by atoms with van der Waals surface area (Å²) in [6, 6.07) is 0.488. The largest absolute Gasteiger partial charge is 0.383 e. The van der Waals surface area contributed by atoms with Crippen molar-refractivity contribution in [1.82, 2.24) is 4.90 Å². The van der Waals surface area contributed by atoms with E-state index in [-0.39, 0.29) is 0 Å². The van der Waals surface area contributed by atoms with Crippen molar-refractivity contribution in [2.24, 2.45) is 17.6 Å². The van der Waals surface area contributed by atoms with Gasteiger partial charge in [-0.1, -0.05) is 34.1 Å². The third-order valence-corrected chi connectivity index (χ3v) is 3.19. The molecule has 0 aliphatic heterocycles. The molecule has 98 valence electrons. The lowest BCUT2D eigenvalue weighted by Crippen LogP contribution is -2.47. The zero-order valence-electron chi connectivity index (χ0n) is 11.7. The van der Waals surface area contributed by atoms with Gasteiger partial charge in [-0.15, -0.1) is 0 Å². The lowest BCUT2D eigenvalue weighted by Gasteiger charge is -2.35. The summed E-state index contributed by atoms with van der Waals surface area (Å²) in [5.74, 6) is 1.33. The van der Waals surface area contributed by atoms with E-state index in [0.29, 0.717) is 17.9 Å². The third-order valence-electron chi connectivity index (χ3n) is 3.19. The van der Waals surface area contributed by atoms with Crippen molar-refractivity contribution in [3.63, 3.8) is 0 Å². The topological polar surface area (TPSA) is 38.5 Å². The second kappa shape index (κ2) is 8.97. The summed E-state index contributed by atoms with van der Waals surface area (Å²) in [7, 11) is 1.76. The molecule has 0 aliphatic rings. The van der Waals surface area contributed by atoms with Crippen LogP contribution >= 0.6 is 0 Å². The van der Waals surface area contributed by atoms with Crippen LogP contribution in [0.25, 0.3) is 0 Å². The summed E-state index contributed by atoms with van der Waals surface area (Å²) in [4.78, 5) is 2.49. The van der Waals surface area contributed by atoms with Crippen LogP contribution < -0.4 is 5.73 Å². The van der Waals surface area contributed by atoms with Crippen LogP contribution in [0.1, 0.15) is 34.1 Å². The molecule has 0 rings (SSSR count). The van der Waals surface area contributed by atoms with E-state index in [4.69, 9.17) is 10.5 Å². The molecule has 3 heteroatoms. The fraction of sp³-hybridized carbons (Fsp3) is 1.00. The highest BCUT2D eigenvalue weighted by molar-refractivity contribution is 4.78. The maximum atomic E-state index is 5.92. The zero-order valence-corrected chi connectivity index (χ0v) is 11.7. The monoisotopic (exact) mass is 230 g/mol. The van der Waals surface area contributed by atoms with Gasteiger partial charge < -0.3 is 10.5 Å². The maximum absolute atomic E-state index is 5.92. The summed E-state index contributed by atoms with van der Waals surface area (Å²) in [6.07, 6.45) is 1.18. The van der Waals surface area contributed by atoms with Crippen LogP contribution in [0, 0.1) is 11.8 Å². The van der Waals surface area contributed by atoms with Gasteiger partial charge in [0.25, 0.3) is 0 Å². The third kappa shape index (κ3) is 5.83. The van der Waals surface area contributed by atoms with E-state index in [9.17, 15) is 0 Å². The Morgan fingerprint density at radius 2 is 1.88 bits per heavy atom. The van der Waals surface area contributed by atoms with Gasteiger partial charge in [-0.3, -0.25) is 4.90 Å². The molecule has 0 heterocycles. The molecule has 2 atom stereocenters. The molecule has 0 aromatic heterocycles. The number of hydrogen-bond acceptors (Lipinski definition) is 3. The number of nitrogens with zero attached hydrogens (tertiary/aromatic N) is 1. The van der Waals surface area contributed by atoms with Gasteiger partial charge in [0.2, 0.25) is 0 Å². The van der Waals surface area contributed by atoms with Crippen molar-refractivity contribution in [1.29, 1.82) is 0 Å². The normalized spacial score (nSPS) is 15.8. The first-order valence-electron chi connectivity index (χ1n) is 6.49. The molecule has 0 spiro atoms. The van der Waals surface area contributed by atoms with Gasteiger partial charge in [-0.05, 0) is 11.8 Å². The van der Waals surface area contributed by atoms with Crippen LogP contribution in [0.5, 0.6) is 0 Å². The Bertz CT molecular complexity index is 162. The Kier molecular flexibility index (Phi) is 8.90. The molecule has 0 amide bonds. The van der Waals surface area contributed by atoms with E-state index in [1.54, 1.807) is 7.11 Å². The van der Waals surface area contributed by atoms with Crippen LogP contribution in [0.2, 0.25) is 0 Å². The van der Waals surface area contributed by atoms with Gasteiger partial charge in [0.05, 0.1) is 6.61 Å². The van der Waals surface area contributed by atoms with Crippen LogP contribution in [0.4, 0.5) is 0 Å². The molecule has 0 aromatic rings. The SMILES string of the molecule is CCC(C)C(CN)N(CCOC)CC(C)C. The molecule has 0 radical (unpaired) electrons. The van der Waals surface area contributed by atoms with Crippen molar-refractivity contribution >= 4 is 0 Å². The van der Waals surface area contributed by atoms with Crippen LogP contribution in [-0.2, 0) is 4.74 Å². The fourth-order valence-corrected chi connectivity index (χ4v) is 2.08. The highest BCUT2D eigenvalue weighted by Gasteiger charge is 2.22. The summed E-state index contributed by atoms with van der Waals surface area (Å²) in [5, 5.41) is 0. The Hall–Kier alpha value is -0.120. The Morgan fingerprint density at radius 1 is 1.25 bits per heavy atom. The average molecular weight is 230 g/mol. The lowest BCUT2D eigenvalue weighted by molar-refractivity contribution is 0.0890. The highest BCUT2D eigenvalue weighted by atomic mass is 16.5. The zero-order chi connectivity index (χ0) is 12.6. The van der Waals surface area contributed by atoms with Crippen molar-refractivity contribution < 1.29 is 4.74 Å². The molecular weight excluding hydrogens is 200 g/mol. The van der Waals surface area contributed by atoms with Crippen molar-refractivity contribution in [2.45, 2.75) is 40.2 Å². The lowest BCUT2D eigenvalue weighted by atomic mass is 9.96. The minimum atomic E-state index is 0.488. The van der Waals surface area contributed by atoms with Gasteiger partial charge in [0.15, 0.2) is 0 Å². The first-order valence-corrected chi connectivity index (χ1v) is 6.49. The van der Waals surface area contributed by atoms with Crippen LogP contribution in [-0.4, -0.2) is 44.3 Å². The Morgan fingerprint density at radius 3 is 2.25 bits per heavy atom. The number of nitrogens with two attached hydrogens (primary N) is 1. The summed E-state index contributed by atoms with van der Waals surface area (Å²) < 4.78 is 5.18. The van der Waals surface area contributed by atoms with Gasteiger partial charge >= 0.3 is 0 Å². The van der Waals surface area contributed by atoms with Crippen LogP contribution in [0.15, 0.2) is 0 Å². The second-order valence-corrected chi connectivity index (χ2v) is 5.07. The first-order chi connectivity index (χ1) is 7.56. The summed E-state index contributed by atoms with van der Waals surface area (Å²) >= 11 is 0. The molecule has 0 saturated heterocycles. The Labute approximate surface area is 101 Å². The van der Waals surface area contributed by atoms with E-state index in [2.05, 4.69) is 32.6 Å². The number of methoxy groups -OCH3 is 1. The molecule has 2 N–H and O–H groups in total. The highest BCUT2D eigenvalue weighted by Crippen LogP contribution is 2.15. The summed E-state index contributed by atoms with van der Waals surface area (Å²) in [5.41, 5.74) is 5.92. The molecule has 16 heavy (non-hydrogen) atoms. The maximum Gasteiger partial charge on any atom is 0.0589 e. The average Bonchev–Trinajstić information content (AvgIpc) is 2.25. The van der Waals surface area contributed by atoms with Gasteiger partial charge in [-0.25, -0.2) is 0 Å². The molecule has 2 unspecified atom stereocenters. The van der Waals surface area contributed by atoms with Gasteiger partial charge in [-0.2, -0.15) is 0 Å². The predicted molar refractivity (Wildman–Crippen MR) is 70.6 cm³/mol. The van der Waals surface area contributed by atoms with Gasteiger partial charge in [0.1, 0.15) is 0 Å². The standard InChI is InChI=1S/C13H30N2O/c1-6-12(4)13(9-14)15(7-8-16-5)10-11(2)3/h11-13H,6-10,14H2,1-5H3. The molecule has 0 fully saturated rings. The molecule has 3 nitrogen and oxygen atoms in total. The smallest absolute Gasteiger partial charge is 0.0589 e. The molecule has 0 aromatic carbocycles. The molecular formula is C13H30N2O. The predicted octanol–water partition coefficient (Wildman–Crippen LogP) is 1.96. The Balaban J connectivity index is 4.41. The van der Waals surface area contributed by atoms with E-state index in [0.717, 1.165) is 26.2 Å². The van der Waals surface area contributed by atoms with Crippen LogP contribution in [0.3, 0.4) is 0 Å². The summed E-state index contributed by atoms with van der Waals surface area (Å²) in [6.45, 7) is 12.7. The van der Waals surface area contributed by atoms with Crippen molar-refractivity contribution in [3.8, 4) is 0 Å². The van der Waals surface area contributed by atoms with Crippen molar-refractivity contribution in [3.05, 3.63) is 0 Å². The molecule has 0 saturated carbocycles. The quantitative estimate of drug-likeness (QED) is 0.658. The van der Waals surface area contributed by atoms with E-state index < -0.39 is 0 Å². The molecule has 0 bridgehead atoms. The molecule has 0 aliphatic carbocycles. The second-order valence-electron chi connectivity index (χ2n) is 5.07. The first kappa shape index (κ1) is 15.9. The number of ether oxygens (including phenoxy) is 1.